The van der Waals surface area contributed by atoms with Gasteiger partial charge >= 0.3 is 18.2 Å². The molecular weight excluding hydrogens is 517 g/mol. The van der Waals surface area contributed by atoms with E-state index >= 15 is 0 Å². The molecule has 2 amide bonds. The van der Waals surface area contributed by atoms with Gasteiger partial charge in [-0.15, -0.1) is 0 Å². The van der Waals surface area contributed by atoms with Crippen LogP contribution in [-0.2, 0) is 0 Å². The first-order valence-electron chi connectivity index (χ1n) is 12.4. The zero-order chi connectivity index (χ0) is 29.2. The second kappa shape index (κ2) is 14.2. The fourth-order valence-corrected chi connectivity index (χ4v) is 3.58. The summed E-state index contributed by atoms with van der Waals surface area (Å²) in [6, 6.07) is 2.12. The second-order valence-electron chi connectivity index (χ2n) is 8.23. The van der Waals surface area contributed by atoms with Gasteiger partial charge in [0.15, 0.2) is 0 Å². The number of urea groups is 1. The summed E-state index contributed by atoms with van der Waals surface area (Å²) < 4.78 is 46.3. The minimum atomic E-state index is -4.70. The molecule has 0 aliphatic heterocycles. The van der Waals surface area contributed by atoms with E-state index in [1.807, 2.05) is 13.8 Å². The van der Waals surface area contributed by atoms with Crippen LogP contribution in [0.5, 0.6) is 5.88 Å². The lowest BCUT2D eigenvalue weighted by Crippen LogP contribution is -2.28. The standard InChI is InChI=1S/C26H33F3N6O4/c1-6-21(26(27,28)29)33-16(5)18-13-22(34-25(38)30-7-2)31-15-20(18)19-12-17(24(36)37)14-32-23(19)39-11-10-35(8-3)9-4/h6,12-15H,7-11H2,1-5H3,(H,36,37)(H2,30,31,34,38)/b21-6-,33-16?. The number of pyridine rings is 2. The van der Waals surface area contributed by atoms with Crippen molar-refractivity contribution in [3.8, 4) is 17.0 Å². The summed E-state index contributed by atoms with van der Waals surface area (Å²) in [5.74, 6) is -1.12. The molecule has 2 aromatic heterocycles. The van der Waals surface area contributed by atoms with Gasteiger partial charge in [0.25, 0.3) is 0 Å². The Morgan fingerprint density at radius 2 is 1.82 bits per heavy atom. The predicted octanol–water partition coefficient (Wildman–Crippen LogP) is 4.98. The van der Waals surface area contributed by atoms with Crippen LogP contribution in [0.15, 0.2) is 41.3 Å². The van der Waals surface area contributed by atoms with Gasteiger partial charge in [-0.2, -0.15) is 13.2 Å². The third-order valence-corrected chi connectivity index (χ3v) is 5.65. The van der Waals surface area contributed by atoms with Crippen molar-refractivity contribution in [2.75, 3.05) is 38.1 Å². The predicted molar refractivity (Wildman–Crippen MR) is 142 cm³/mol. The molecule has 2 heterocycles. The van der Waals surface area contributed by atoms with E-state index in [9.17, 15) is 27.9 Å². The van der Waals surface area contributed by atoms with Gasteiger partial charge in [-0.05, 0) is 46.0 Å². The van der Waals surface area contributed by atoms with Crippen LogP contribution in [0, 0.1) is 0 Å². The minimum absolute atomic E-state index is 0.0495. The summed E-state index contributed by atoms with van der Waals surface area (Å²) in [6.45, 7) is 11.1. The maximum absolute atomic E-state index is 13.5. The maximum Gasteiger partial charge on any atom is 0.433 e. The molecule has 39 heavy (non-hydrogen) atoms. The monoisotopic (exact) mass is 550 g/mol. The van der Waals surface area contributed by atoms with Crippen LogP contribution >= 0.6 is 0 Å². The van der Waals surface area contributed by atoms with Crippen molar-refractivity contribution >= 4 is 23.5 Å². The van der Waals surface area contributed by atoms with Gasteiger partial charge in [0.05, 0.1) is 5.56 Å². The number of aromatic carboxylic acids is 1. The molecule has 0 atom stereocenters. The van der Waals surface area contributed by atoms with Crippen molar-refractivity contribution in [1.82, 2.24) is 20.2 Å². The summed E-state index contributed by atoms with van der Waals surface area (Å²) in [7, 11) is 0. The number of hydrogen-bond acceptors (Lipinski definition) is 7. The zero-order valence-electron chi connectivity index (χ0n) is 22.5. The fraction of sp³-hybridized carbons (Fsp3) is 0.423. The summed E-state index contributed by atoms with van der Waals surface area (Å²) in [4.78, 5) is 38.1. The number of carboxylic acids is 1. The molecule has 10 nitrogen and oxygen atoms in total. The molecule has 0 aromatic carbocycles. The number of amides is 2. The van der Waals surface area contributed by atoms with E-state index in [4.69, 9.17) is 4.74 Å². The number of nitrogens with zero attached hydrogens (tertiary/aromatic N) is 4. The molecule has 0 saturated heterocycles. The normalized spacial score (nSPS) is 12.4. The number of rotatable bonds is 12. The molecule has 0 bridgehead atoms. The van der Waals surface area contributed by atoms with Crippen molar-refractivity contribution in [3.63, 3.8) is 0 Å². The molecule has 0 spiro atoms. The smallest absolute Gasteiger partial charge is 0.433 e. The molecule has 2 rings (SSSR count). The van der Waals surface area contributed by atoms with Crippen LogP contribution in [-0.4, -0.2) is 76.6 Å². The number of aromatic nitrogens is 2. The molecule has 0 unspecified atom stereocenters. The van der Waals surface area contributed by atoms with Crippen LogP contribution in [0.2, 0.25) is 0 Å². The highest BCUT2D eigenvalue weighted by atomic mass is 19.4. The molecule has 2 aromatic rings. The Hall–Kier alpha value is -4.00. The van der Waals surface area contributed by atoms with Crippen molar-refractivity contribution in [2.24, 2.45) is 4.99 Å². The molecule has 212 valence electrons. The fourth-order valence-electron chi connectivity index (χ4n) is 3.58. The van der Waals surface area contributed by atoms with E-state index in [1.54, 1.807) is 6.92 Å². The molecule has 0 saturated carbocycles. The number of nitrogens with one attached hydrogen (secondary N) is 2. The Morgan fingerprint density at radius 3 is 2.38 bits per heavy atom. The van der Waals surface area contributed by atoms with Crippen LogP contribution in [0.1, 0.15) is 50.5 Å². The number of carbonyl (C=O) groups is 2. The number of anilines is 1. The van der Waals surface area contributed by atoms with E-state index in [0.717, 1.165) is 25.4 Å². The van der Waals surface area contributed by atoms with Crippen LogP contribution in [0.3, 0.4) is 0 Å². The van der Waals surface area contributed by atoms with Crippen LogP contribution in [0.25, 0.3) is 11.1 Å². The van der Waals surface area contributed by atoms with Gasteiger partial charge in [-0.25, -0.2) is 24.5 Å². The Balaban J connectivity index is 2.70. The Labute approximate surface area is 225 Å². The van der Waals surface area contributed by atoms with Gasteiger partial charge < -0.3 is 20.1 Å². The Kier molecular flexibility index (Phi) is 11.4. The average molecular weight is 551 g/mol. The van der Waals surface area contributed by atoms with Gasteiger partial charge in [0.1, 0.15) is 18.1 Å². The largest absolute Gasteiger partial charge is 0.478 e. The number of aliphatic imine (C=N–C) groups is 1. The number of carbonyl (C=O) groups excluding carboxylic acids is 1. The van der Waals surface area contributed by atoms with Crippen molar-refractivity contribution in [2.45, 2.75) is 40.8 Å². The van der Waals surface area contributed by atoms with E-state index in [1.165, 1.54) is 32.2 Å². The molecule has 3 N–H and O–H groups in total. The van der Waals surface area contributed by atoms with Crippen molar-refractivity contribution in [1.29, 1.82) is 0 Å². The minimum Gasteiger partial charge on any atom is -0.478 e. The lowest BCUT2D eigenvalue weighted by molar-refractivity contribution is -0.0924. The summed E-state index contributed by atoms with van der Waals surface area (Å²) >= 11 is 0. The first kappa shape index (κ1) is 31.2. The van der Waals surface area contributed by atoms with E-state index in [2.05, 4.69) is 30.5 Å². The number of hydrogen-bond donors (Lipinski definition) is 3. The highest BCUT2D eigenvalue weighted by Gasteiger charge is 2.33. The molecule has 0 aliphatic rings. The molecule has 0 aliphatic carbocycles. The zero-order valence-corrected chi connectivity index (χ0v) is 22.5. The van der Waals surface area contributed by atoms with Gasteiger partial charge in [0, 0.05) is 47.9 Å². The van der Waals surface area contributed by atoms with Crippen molar-refractivity contribution in [3.05, 3.63) is 47.4 Å². The van der Waals surface area contributed by atoms with E-state index < -0.39 is 23.9 Å². The number of carboxylic acid groups (broad SMARTS) is 1. The lowest BCUT2D eigenvalue weighted by atomic mass is 9.98. The SMILES string of the molecule is C/C=C(\N=C(C)c1cc(NC(=O)NCC)ncc1-c1cc(C(=O)O)cnc1OCCN(CC)CC)C(F)(F)F. The third-order valence-electron chi connectivity index (χ3n) is 5.65. The molecular formula is C26H33F3N6O4. The van der Waals surface area contributed by atoms with Gasteiger partial charge in [0.2, 0.25) is 5.88 Å². The highest BCUT2D eigenvalue weighted by molar-refractivity contribution is 6.06. The topological polar surface area (TPSA) is 129 Å². The number of halogens is 3. The summed E-state index contributed by atoms with van der Waals surface area (Å²) in [5, 5.41) is 14.6. The Bertz CT molecular complexity index is 1230. The first-order valence-corrected chi connectivity index (χ1v) is 12.4. The number of alkyl halides is 3. The first-order chi connectivity index (χ1) is 18.4. The maximum atomic E-state index is 13.5. The molecule has 0 radical (unpaired) electrons. The Morgan fingerprint density at radius 1 is 1.13 bits per heavy atom. The second-order valence-corrected chi connectivity index (χ2v) is 8.23. The third kappa shape index (κ3) is 8.77. The van der Waals surface area contributed by atoms with Crippen LogP contribution < -0.4 is 15.4 Å². The number of likely N-dealkylation sites (N-methyl/N-ethyl adjacent to an activating group) is 1. The van der Waals surface area contributed by atoms with Gasteiger partial charge in [-0.1, -0.05) is 19.9 Å². The molecule has 0 fully saturated rings. The van der Waals surface area contributed by atoms with Crippen LogP contribution in [0.4, 0.5) is 23.8 Å². The number of allylic oxidation sites excluding steroid dienone is 2. The summed E-state index contributed by atoms with van der Waals surface area (Å²) in [6.07, 6.45) is -1.42. The quantitative estimate of drug-likeness (QED) is 0.318. The van der Waals surface area contributed by atoms with Crippen molar-refractivity contribution < 1.29 is 32.6 Å². The molecule has 13 heteroatoms. The highest BCUT2D eigenvalue weighted by Crippen LogP contribution is 2.34. The number of ether oxygens (including phenoxy) is 1. The summed E-state index contributed by atoms with van der Waals surface area (Å²) in [5.41, 5.74) is -0.733. The lowest BCUT2D eigenvalue weighted by Gasteiger charge is -2.19. The van der Waals surface area contributed by atoms with E-state index in [0.29, 0.717) is 13.1 Å². The van der Waals surface area contributed by atoms with Gasteiger partial charge in [-0.3, -0.25) is 5.32 Å². The van der Waals surface area contributed by atoms with E-state index in [-0.39, 0.29) is 46.3 Å². The average Bonchev–Trinajstić information content (AvgIpc) is 2.89.